The highest BCUT2D eigenvalue weighted by molar-refractivity contribution is 5.76. The first-order valence-corrected chi connectivity index (χ1v) is 3.89. The molecule has 1 rings (SSSR count). The topological polar surface area (TPSA) is 50.9 Å². The molecule has 0 unspecified atom stereocenters. The highest BCUT2D eigenvalue weighted by Crippen LogP contribution is 2.22. The Balaban J connectivity index is 3.10. The molecular weight excluding hydrogens is 150 g/mol. The molecule has 0 atom stereocenters. The van der Waals surface area contributed by atoms with E-state index in [4.69, 9.17) is 5.73 Å². The van der Waals surface area contributed by atoms with E-state index in [2.05, 4.69) is 16.9 Å². The summed E-state index contributed by atoms with van der Waals surface area (Å²) in [6.07, 6.45) is 5.10. The minimum absolute atomic E-state index is 0.661. The van der Waals surface area contributed by atoms with Crippen molar-refractivity contribution in [2.24, 2.45) is 0 Å². The number of nitrogens with one attached hydrogen (secondary N) is 1. The van der Waals surface area contributed by atoms with E-state index >= 15 is 0 Å². The molecule has 0 fully saturated rings. The smallest absolute Gasteiger partial charge is 0.0742 e. The summed E-state index contributed by atoms with van der Waals surface area (Å²) < 4.78 is 0. The molecule has 0 aliphatic carbocycles. The van der Waals surface area contributed by atoms with Crippen LogP contribution in [0.25, 0.3) is 6.08 Å². The van der Waals surface area contributed by atoms with Gasteiger partial charge < -0.3 is 11.1 Å². The predicted molar refractivity (Wildman–Crippen MR) is 52.9 cm³/mol. The average Bonchev–Trinajstić information content (AvgIpc) is 2.09. The highest BCUT2D eigenvalue weighted by Gasteiger charge is 2.01. The van der Waals surface area contributed by atoms with Crippen LogP contribution in [0.15, 0.2) is 19.0 Å². The molecule has 0 aromatic carbocycles. The molecule has 0 saturated carbocycles. The molecule has 0 aliphatic rings. The summed E-state index contributed by atoms with van der Waals surface area (Å²) in [5.41, 5.74) is 8.23. The predicted octanol–water partition coefficient (Wildman–Crippen LogP) is 1.74. The third-order valence-electron chi connectivity index (χ3n) is 1.58. The molecule has 0 bridgehead atoms. The van der Waals surface area contributed by atoms with Crippen molar-refractivity contribution in [2.75, 3.05) is 17.6 Å². The third kappa shape index (κ3) is 1.56. The molecule has 3 heteroatoms. The van der Waals surface area contributed by atoms with Gasteiger partial charge in [-0.2, -0.15) is 0 Å². The molecule has 1 heterocycles. The molecular formula is C9H13N3. The molecule has 3 N–H and O–H groups in total. The summed E-state index contributed by atoms with van der Waals surface area (Å²) in [4.78, 5) is 3.96. The van der Waals surface area contributed by atoms with Crippen molar-refractivity contribution >= 4 is 17.5 Å². The van der Waals surface area contributed by atoms with Crippen LogP contribution < -0.4 is 11.1 Å². The molecule has 0 spiro atoms. The van der Waals surface area contributed by atoms with Gasteiger partial charge in [-0.15, -0.1) is 0 Å². The second-order valence-electron chi connectivity index (χ2n) is 2.43. The van der Waals surface area contributed by atoms with Gasteiger partial charge in [-0.25, -0.2) is 0 Å². The largest absolute Gasteiger partial charge is 0.396 e. The first-order valence-electron chi connectivity index (χ1n) is 3.89. The molecule has 64 valence electrons. The number of hydrogen-bond donors (Lipinski definition) is 2. The number of anilines is 2. The van der Waals surface area contributed by atoms with Gasteiger partial charge in [0.25, 0.3) is 0 Å². The number of aromatic nitrogens is 1. The van der Waals surface area contributed by atoms with Crippen LogP contribution in [-0.4, -0.2) is 11.5 Å². The van der Waals surface area contributed by atoms with Gasteiger partial charge in [-0.05, 0) is 6.92 Å². The van der Waals surface area contributed by atoms with Crippen molar-refractivity contribution in [3.05, 3.63) is 24.5 Å². The van der Waals surface area contributed by atoms with Crippen LogP contribution in [0.1, 0.15) is 12.5 Å². The Morgan fingerprint density at radius 1 is 1.67 bits per heavy atom. The van der Waals surface area contributed by atoms with Crippen molar-refractivity contribution in [3.63, 3.8) is 0 Å². The van der Waals surface area contributed by atoms with Gasteiger partial charge >= 0.3 is 0 Å². The fourth-order valence-corrected chi connectivity index (χ4v) is 1.03. The summed E-state index contributed by atoms with van der Waals surface area (Å²) in [7, 11) is 0. The fourth-order valence-electron chi connectivity index (χ4n) is 1.03. The number of nitrogens with zero attached hydrogens (tertiary/aromatic N) is 1. The Bertz CT molecular complexity index is 281. The number of rotatable bonds is 3. The lowest BCUT2D eigenvalue weighted by atomic mass is 10.2. The van der Waals surface area contributed by atoms with E-state index in [9.17, 15) is 0 Å². The number of pyridine rings is 1. The molecule has 0 radical (unpaired) electrons. The summed E-state index contributed by atoms with van der Waals surface area (Å²) in [6.45, 7) is 6.54. The zero-order chi connectivity index (χ0) is 8.97. The Hall–Kier alpha value is -1.51. The summed E-state index contributed by atoms with van der Waals surface area (Å²) in [5, 5.41) is 3.16. The van der Waals surface area contributed by atoms with Gasteiger partial charge in [0.15, 0.2) is 0 Å². The highest BCUT2D eigenvalue weighted by atomic mass is 14.9. The Morgan fingerprint density at radius 3 is 3.00 bits per heavy atom. The quantitative estimate of drug-likeness (QED) is 0.713. The molecule has 3 nitrogen and oxygen atoms in total. The van der Waals surface area contributed by atoms with Gasteiger partial charge in [0.2, 0.25) is 0 Å². The lowest BCUT2D eigenvalue weighted by Crippen LogP contribution is -2.03. The molecule has 12 heavy (non-hydrogen) atoms. The van der Waals surface area contributed by atoms with E-state index in [0.717, 1.165) is 17.8 Å². The van der Waals surface area contributed by atoms with Gasteiger partial charge in [-0.1, -0.05) is 12.7 Å². The van der Waals surface area contributed by atoms with E-state index in [1.54, 1.807) is 18.5 Å². The van der Waals surface area contributed by atoms with E-state index in [0.29, 0.717) is 5.69 Å². The third-order valence-corrected chi connectivity index (χ3v) is 1.58. The van der Waals surface area contributed by atoms with Crippen LogP contribution in [0, 0.1) is 0 Å². The summed E-state index contributed by atoms with van der Waals surface area (Å²) in [5.74, 6) is 0. The van der Waals surface area contributed by atoms with Gasteiger partial charge in [0.1, 0.15) is 0 Å². The van der Waals surface area contributed by atoms with Crippen molar-refractivity contribution in [2.45, 2.75) is 6.92 Å². The average molecular weight is 163 g/mol. The SMILES string of the molecule is C=Cc1cncc(N)c1NCC. The first kappa shape index (κ1) is 8.59. The molecule has 1 aromatic rings. The van der Waals surface area contributed by atoms with Crippen molar-refractivity contribution in [1.82, 2.24) is 4.98 Å². The minimum atomic E-state index is 0.661. The van der Waals surface area contributed by atoms with Crippen molar-refractivity contribution in [3.8, 4) is 0 Å². The van der Waals surface area contributed by atoms with Crippen LogP contribution >= 0.6 is 0 Å². The van der Waals surface area contributed by atoms with Crippen molar-refractivity contribution < 1.29 is 0 Å². The maximum Gasteiger partial charge on any atom is 0.0742 e. The Labute approximate surface area is 72.3 Å². The number of nitrogens with two attached hydrogens (primary N) is 1. The van der Waals surface area contributed by atoms with Crippen LogP contribution in [0.4, 0.5) is 11.4 Å². The molecule has 0 aliphatic heterocycles. The van der Waals surface area contributed by atoms with E-state index in [1.807, 2.05) is 6.92 Å². The normalized spacial score (nSPS) is 9.42. The maximum atomic E-state index is 5.71. The second kappa shape index (κ2) is 3.76. The van der Waals surface area contributed by atoms with Gasteiger partial charge in [0, 0.05) is 18.3 Å². The molecule has 1 aromatic heterocycles. The van der Waals surface area contributed by atoms with E-state index in [-0.39, 0.29) is 0 Å². The maximum absolute atomic E-state index is 5.71. The zero-order valence-electron chi connectivity index (χ0n) is 7.17. The molecule has 0 amide bonds. The van der Waals surface area contributed by atoms with Crippen LogP contribution in [0.3, 0.4) is 0 Å². The van der Waals surface area contributed by atoms with Gasteiger partial charge in [0.05, 0.1) is 17.6 Å². The zero-order valence-corrected chi connectivity index (χ0v) is 7.17. The Kier molecular flexibility index (Phi) is 2.69. The number of nitrogen functional groups attached to an aromatic ring is 1. The van der Waals surface area contributed by atoms with Crippen LogP contribution in [0.5, 0.6) is 0 Å². The standard InChI is InChI=1S/C9H13N3/c1-3-7-5-11-6-8(10)9(7)12-4-2/h3,5-6H,1,4,10H2,2H3,(H,11,12). The number of hydrogen-bond acceptors (Lipinski definition) is 3. The van der Waals surface area contributed by atoms with E-state index < -0.39 is 0 Å². The molecule has 0 saturated heterocycles. The Morgan fingerprint density at radius 2 is 2.42 bits per heavy atom. The lowest BCUT2D eigenvalue weighted by Gasteiger charge is -2.09. The minimum Gasteiger partial charge on any atom is -0.396 e. The first-order chi connectivity index (χ1) is 5.79. The fraction of sp³-hybridized carbons (Fsp3) is 0.222. The summed E-state index contributed by atoms with van der Waals surface area (Å²) >= 11 is 0. The van der Waals surface area contributed by atoms with Gasteiger partial charge in [-0.3, -0.25) is 4.98 Å². The summed E-state index contributed by atoms with van der Waals surface area (Å²) in [6, 6.07) is 0. The van der Waals surface area contributed by atoms with Crippen molar-refractivity contribution in [1.29, 1.82) is 0 Å². The van der Waals surface area contributed by atoms with Crippen LogP contribution in [-0.2, 0) is 0 Å². The second-order valence-corrected chi connectivity index (χ2v) is 2.43. The lowest BCUT2D eigenvalue weighted by molar-refractivity contribution is 1.20. The monoisotopic (exact) mass is 163 g/mol. The van der Waals surface area contributed by atoms with E-state index in [1.165, 1.54) is 0 Å². The van der Waals surface area contributed by atoms with Crippen LogP contribution in [0.2, 0.25) is 0 Å².